The van der Waals surface area contributed by atoms with Gasteiger partial charge in [-0.25, -0.2) is 4.39 Å². The molecule has 0 aliphatic rings. The van der Waals surface area contributed by atoms with Gasteiger partial charge >= 0.3 is 0 Å². The van der Waals surface area contributed by atoms with Crippen LogP contribution in [0.3, 0.4) is 0 Å². The van der Waals surface area contributed by atoms with Crippen molar-refractivity contribution < 1.29 is 14.2 Å². The number of benzene rings is 1. The molecule has 0 saturated heterocycles. The second-order valence-electron chi connectivity index (χ2n) is 4.39. The highest BCUT2D eigenvalue weighted by atomic mass is 19.1. The molecule has 0 heterocycles. The maximum absolute atomic E-state index is 13.3. The lowest BCUT2D eigenvalue weighted by molar-refractivity contribution is 0.0418. The van der Waals surface area contributed by atoms with Crippen LogP contribution in [0.5, 0.6) is 0 Å². The first-order valence-electron chi connectivity index (χ1n) is 5.63. The topological polar surface area (TPSA) is 32.7 Å². The molecule has 1 unspecified atom stereocenters. The Balaban J connectivity index is 2.50. The lowest BCUT2D eigenvalue weighted by atomic mass is 10.1. The second-order valence-corrected chi connectivity index (χ2v) is 4.39. The molecule has 1 aromatic carbocycles. The molecule has 0 bridgehead atoms. The zero-order chi connectivity index (χ0) is 12.8. The number of halogens is 1. The Morgan fingerprint density at radius 2 is 2.18 bits per heavy atom. The third-order valence-corrected chi connectivity index (χ3v) is 2.57. The minimum absolute atomic E-state index is 0.187. The first-order chi connectivity index (χ1) is 8.02. The van der Waals surface area contributed by atoms with E-state index < -0.39 is 6.10 Å². The minimum atomic E-state index is -0.514. The highest BCUT2D eigenvalue weighted by molar-refractivity contribution is 5.23. The summed E-state index contributed by atoms with van der Waals surface area (Å²) in [5.74, 6) is -0.187. The van der Waals surface area contributed by atoms with Gasteiger partial charge in [0.05, 0.1) is 12.7 Å². The molecule has 1 aromatic rings. The Morgan fingerprint density at radius 3 is 2.76 bits per heavy atom. The number of aliphatic hydroxyl groups is 1. The fourth-order valence-electron chi connectivity index (χ4n) is 1.72. The molecule has 0 aromatic heterocycles. The zero-order valence-corrected chi connectivity index (χ0v) is 10.6. The van der Waals surface area contributed by atoms with Crippen LogP contribution in [0.15, 0.2) is 18.2 Å². The molecule has 0 amide bonds. The van der Waals surface area contributed by atoms with E-state index in [1.165, 1.54) is 6.07 Å². The van der Waals surface area contributed by atoms with E-state index in [-0.39, 0.29) is 5.82 Å². The van der Waals surface area contributed by atoms with Gasteiger partial charge in [0.2, 0.25) is 0 Å². The van der Waals surface area contributed by atoms with Crippen LogP contribution in [-0.2, 0) is 11.3 Å². The Labute approximate surface area is 102 Å². The molecular formula is C13H20FNO2. The maximum Gasteiger partial charge on any atom is 0.126 e. The predicted octanol–water partition coefficient (Wildman–Crippen LogP) is 1.57. The van der Waals surface area contributed by atoms with Gasteiger partial charge in [-0.1, -0.05) is 12.1 Å². The molecule has 1 N–H and O–H groups in total. The zero-order valence-electron chi connectivity index (χ0n) is 10.6. The molecule has 3 nitrogen and oxygen atoms in total. The number of aryl methyl sites for hydroxylation is 1. The van der Waals surface area contributed by atoms with Crippen LogP contribution in [0.2, 0.25) is 0 Å². The SMILES string of the molecule is COCC(O)CN(C)Cc1ccc(C)c(F)c1. The van der Waals surface area contributed by atoms with Crippen molar-refractivity contribution in [3.05, 3.63) is 35.1 Å². The second kappa shape index (κ2) is 6.69. The summed E-state index contributed by atoms with van der Waals surface area (Å²) in [5, 5.41) is 9.56. The average molecular weight is 241 g/mol. The van der Waals surface area contributed by atoms with Crippen LogP contribution in [-0.4, -0.2) is 43.4 Å². The molecule has 0 spiro atoms. The molecule has 0 aliphatic carbocycles. The third kappa shape index (κ3) is 4.81. The number of aliphatic hydroxyl groups excluding tert-OH is 1. The molecule has 0 saturated carbocycles. The van der Waals surface area contributed by atoms with Gasteiger partial charge in [-0.3, -0.25) is 4.90 Å². The molecule has 96 valence electrons. The van der Waals surface area contributed by atoms with Crippen LogP contribution < -0.4 is 0 Å². The Hall–Kier alpha value is -0.970. The van der Waals surface area contributed by atoms with Crippen molar-refractivity contribution in [2.75, 3.05) is 27.3 Å². The summed E-state index contributed by atoms with van der Waals surface area (Å²) in [5.41, 5.74) is 1.55. The standard InChI is InChI=1S/C13H20FNO2/c1-10-4-5-11(6-13(10)14)7-15(2)8-12(16)9-17-3/h4-6,12,16H,7-9H2,1-3H3. The molecule has 0 aliphatic heterocycles. The van der Waals surface area contributed by atoms with Crippen LogP contribution in [0.1, 0.15) is 11.1 Å². The molecule has 17 heavy (non-hydrogen) atoms. The summed E-state index contributed by atoms with van der Waals surface area (Å²) < 4.78 is 18.2. The molecule has 1 atom stereocenters. The van der Waals surface area contributed by atoms with Gasteiger partial charge in [0, 0.05) is 20.2 Å². The lowest BCUT2D eigenvalue weighted by Crippen LogP contribution is -2.31. The average Bonchev–Trinajstić information content (AvgIpc) is 2.23. The normalized spacial score (nSPS) is 13.1. The number of hydrogen-bond acceptors (Lipinski definition) is 3. The summed E-state index contributed by atoms with van der Waals surface area (Å²) in [6.45, 7) is 3.17. The van der Waals surface area contributed by atoms with Crippen LogP contribution in [0, 0.1) is 12.7 Å². The van der Waals surface area contributed by atoms with Crippen molar-refractivity contribution in [1.82, 2.24) is 4.90 Å². The van der Waals surface area contributed by atoms with E-state index in [1.807, 2.05) is 18.0 Å². The number of methoxy groups -OCH3 is 1. The van der Waals surface area contributed by atoms with Gasteiger partial charge in [0.25, 0.3) is 0 Å². The van der Waals surface area contributed by atoms with Gasteiger partial charge in [-0.05, 0) is 31.2 Å². The van der Waals surface area contributed by atoms with Crippen molar-refractivity contribution in [2.45, 2.75) is 19.6 Å². The molecule has 1 rings (SSSR count). The van der Waals surface area contributed by atoms with E-state index in [4.69, 9.17) is 4.74 Å². The van der Waals surface area contributed by atoms with Crippen LogP contribution in [0.4, 0.5) is 4.39 Å². The number of rotatable bonds is 6. The van der Waals surface area contributed by atoms with E-state index in [0.717, 1.165) is 5.56 Å². The highest BCUT2D eigenvalue weighted by Crippen LogP contribution is 2.10. The van der Waals surface area contributed by atoms with Gasteiger partial charge in [-0.15, -0.1) is 0 Å². The summed E-state index contributed by atoms with van der Waals surface area (Å²) in [7, 11) is 3.44. The van der Waals surface area contributed by atoms with E-state index in [1.54, 1.807) is 20.1 Å². The highest BCUT2D eigenvalue weighted by Gasteiger charge is 2.09. The fourth-order valence-corrected chi connectivity index (χ4v) is 1.72. The molecule has 0 fully saturated rings. The van der Waals surface area contributed by atoms with Gasteiger partial charge in [0.15, 0.2) is 0 Å². The van der Waals surface area contributed by atoms with Gasteiger partial charge in [-0.2, -0.15) is 0 Å². The molecule has 0 radical (unpaired) electrons. The van der Waals surface area contributed by atoms with Crippen molar-refractivity contribution in [2.24, 2.45) is 0 Å². The van der Waals surface area contributed by atoms with E-state index in [0.29, 0.717) is 25.3 Å². The van der Waals surface area contributed by atoms with E-state index in [2.05, 4.69) is 0 Å². The van der Waals surface area contributed by atoms with E-state index >= 15 is 0 Å². The number of hydrogen-bond donors (Lipinski definition) is 1. The summed E-state index contributed by atoms with van der Waals surface area (Å²) in [4.78, 5) is 1.94. The van der Waals surface area contributed by atoms with E-state index in [9.17, 15) is 9.50 Å². The van der Waals surface area contributed by atoms with Crippen molar-refractivity contribution in [1.29, 1.82) is 0 Å². The lowest BCUT2D eigenvalue weighted by Gasteiger charge is -2.20. The number of nitrogens with zero attached hydrogens (tertiary/aromatic N) is 1. The summed E-state index contributed by atoms with van der Waals surface area (Å²) in [6, 6.07) is 5.20. The maximum atomic E-state index is 13.3. The van der Waals surface area contributed by atoms with Gasteiger partial charge in [0.1, 0.15) is 5.82 Å². The first kappa shape index (κ1) is 14.1. The molecular weight excluding hydrogens is 221 g/mol. The van der Waals surface area contributed by atoms with Crippen molar-refractivity contribution in [3.8, 4) is 0 Å². The van der Waals surface area contributed by atoms with Gasteiger partial charge < -0.3 is 9.84 Å². The summed E-state index contributed by atoms with van der Waals surface area (Å²) >= 11 is 0. The minimum Gasteiger partial charge on any atom is -0.389 e. The smallest absolute Gasteiger partial charge is 0.126 e. The third-order valence-electron chi connectivity index (χ3n) is 2.57. The number of likely N-dealkylation sites (N-methyl/N-ethyl adjacent to an activating group) is 1. The Kier molecular flexibility index (Phi) is 5.55. The molecule has 4 heteroatoms. The largest absolute Gasteiger partial charge is 0.389 e. The van der Waals surface area contributed by atoms with Crippen LogP contribution >= 0.6 is 0 Å². The Morgan fingerprint density at radius 1 is 1.47 bits per heavy atom. The monoisotopic (exact) mass is 241 g/mol. The quantitative estimate of drug-likeness (QED) is 0.820. The van der Waals surface area contributed by atoms with Crippen molar-refractivity contribution in [3.63, 3.8) is 0 Å². The first-order valence-corrected chi connectivity index (χ1v) is 5.63. The summed E-state index contributed by atoms with van der Waals surface area (Å²) in [6.07, 6.45) is -0.514. The fraction of sp³-hybridized carbons (Fsp3) is 0.538. The Bertz CT molecular complexity index is 357. The predicted molar refractivity (Wildman–Crippen MR) is 65.4 cm³/mol. The number of ether oxygens (including phenoxy) is 1. The van der Waals surface area contributed by atoms with Crippen molar-refractivity contribution >= 4 is 0 Å². The van der Waals surface area contributed by atoms with Crippen LogP contribution in [0.25, 0.3) is 0 Å².